The summed E-state index contributed by atoms with van der Waals surface area (Å²) in [5.74, 6) is 0.768. The Hall–Kier alpha value is -2.01. The molecule has 0 spiro atoms. The second-order valence-electron chi connectivity index (χ2n) is 4.04. The number of carbonyl (C=O) groups excluding carboxylic acids is 1. The number of carbonyl (C=O) groups is 1. The van der Waals surface area contributed by atoms with Crippen molar-refractivity contribution in [3.63, 3.8) is 0 Å². The summed E-state index contributed by atoms with van der Waals surface area (Å²) in [5, 5.41) is 6.83. The summed E-state index contributed by atoms with van der Waals surface area (Å²) in [6.45, 7) is 5.06. The Kier molecular flexibility index (Phi) is 4.80. The third kappa shape index (κ3) is 3.99. The highest BCUT2D eigenvalue weighted by atomic mass is 32.1. The SMILES string of the molecule is C=CCNC(=O)N(Cc1ccsc1)Cc1ccco1. The summed E-state index contributed by atoms with van der Waals surface area (Å²) in [5.41, 5.74) is 1.12. The number of amides is 2. The average Bonchev–Trinajstić information content (AvgIpc) is 3.08. The van der Waals surface area contributed by atoms with Gasteiger partial charge in [-0.2, -0.15) is 11.3 Å². The van der Waals surface area contributed by atoms with Gasteiger partial charge in [0.15, 0.2) is 0 Å². The van der Waals surface area contributed by atoms with Gasteiger partial charge >= 0.3 is 6.03 Å². The predicted molar refractivity (Wildman–Crippen MR) is 75.9 cm³/mol. The zero-order valence-electron chi connectivity index (χ0n) is 10.5. The Morgan fingerprint density at radius 2 is 2.37 bits per heavy atom. The lowest BCUT2D eigenvalue weighted by Gasteiger charge is -2.21. The van der Waals surface area contributed by atoms with E-state index in [0.29, 0.717) is 19.6 Å². The van der Waals surface area contributed by atoms with Crippen LogP contribution in [-0.4, -0.2) is 17.5 Å². The molecule has 0 fully saturated rings. The van der Waals surface area contributed by atoms with Gasteiger partial charge in [-0.3, -0.25) is 0 Å². The van der Waals surface area contributed by atoms with E-state index >= 15 is 0 Å². The molecule has 100 valence electrons. The molecule has 2 aromatic heterocycles. The molecule has 0 aromatic carbocycles. The minimum atomic E-state index is -0.123. The number of nitrogens with zero attached hydrogens (tertiary/aromatic N) is 1. The Labute approximate surface area is 116 Å². The van der Waals surface area contributed by atoms with E-state index in [4.69, 9.17) is 4.42 Å². The van der Waals surface area contributed by atoms with Crippen molar-refractivity contribution in [2.45, 2.75) is 13.1 Å². The zero-order chi connectivity index (χ0) is 13.5. The number of nitrogens with one attached hydrogen (secondary N) is 1. The fraction of sp³-hybridized carbons (Fsp3) is 0.214. The molecule has 2 heterocycles. The Bertz CT molecular complexity index is 469. The first-order chi connectivity index (χ1) is 9.29. The van der Waals surface area contributed by atoms with E-state index in [2.05, 4.69) is 11.9 Å². The molecular formula is C14H16N2O2S. The van der Waals surface area contributed by atoms with Crippen molar-refractivity contribution in [3.05, 3.63) is 59.2 Å². The molecule has 0 saturated carbocycles. The van der Waals surface area contributed by atoms with Gasteiger partial charge in [-0.1, -0.05) is 6.08 Å². The van der Waals surface area contributed by atoms with E-state index in [9.17, 15) is 4.79 Å². The van der Waals surface area contributed by atoms with E-state index in [1.165, 1.54) is 0 Å². The lowest BCUT2D eigenvalue weighted by molar-refractivity contribution is 0.188. The van der Waals surface area contributed by atoms with Gasteiger partial charge in [0, 0.05) is 13.1 Å². The second-order valence-corrected chi connectivity index (χ2v) is 4.82. The summed E-state index contributed by atoms with van der Waals surface area (Å²) >= 11 is 1.62. The number of hydrogen-bond donors (Lipinski definition) is 1. The molecule has 2 amide bonds. The highest BCUT2D eigenvalue weighted by Crippen LogP contribution is 2.13. The van der Waals surface area contributed by atoms with Crippen LogP contribution in [0, 0.1) is 0 Å². The molecular weight excluding hydrogens is 260 g/mol. The van der Waals surface area contributed by atoms with Crippen molar-refractivity contribution >= 4 is 17.4 Å². The zero-order valence-corrected chi connectivity index (χ0v) is 11.4. The summed E-state index contributed by atoms with van der Waals surface area (Å²) in [6, 6.07) is 5.57. The minimum Gasteiger partial charge on any atom is -0.467 e. The van der Waals surface area contributed by atoms with E-state index in [1.807, 2.05) is 29.0 Å². The van der Waals surface area contributed by atoms with Crippen LogP contribution in [0.3, 0.4) is 0 Å². The summed E-state index contributed by atoms with van der Waals surface area (Å²) in [7, 11) is 0. The van der Waals surface area contributed by atoms with Crippen LogP contribution in [-0.2, 0) is 13.1 Å². The molecule has 0 unspecified atom stereocenters. The van der Waals surface area contributed by atoms with Gasteiger partial charge in [0.1, 0.15) is 5.76 Å². The van der Waals surface area contributed by atoms with Crippen LogP contribution in [0.25, 0.3) is 0 Å². The number of rotatable bonds is 6. The van der Waals surface area contributed by atoms with Crippen molar-refractivity contribution in [3.8, 4) is 0 Å². The third-order valence-electron chi connectivity index (χ3n) is 2.57. The molecule has 0 bridgehead atoms. The highest BCUT2D eigenvalue weighted by molar-refractivity contribution is 7.07. The van der Waals surface area contributed by atoms with E-state index in [1.54, 1.807) is 28.6 Å². The van der Waals surface area contributed by atoms with Gasteiger partial charge in [0.05, 0.1) is 12.8 Å². The number of furan rings is 1. The van der Waals surface area contributed by atoms with Crippen molar-refractivity contribution in [1.82, 2.24) is 10.2 Å². The maximum atomic E-state index is 12.1. The fourth-order valence-electron chi connectivity index (χ4n) is 1.66. The molecule has 2 aromatic rings. The van der Waals surface area contributed by atoms with Crippen LogP contribution in [0.1, 0.15) is 11.3 Å². The average molecular weight is 276 g/mol. The lowest BCUT2D eigenvalue weighted by atomic mass is 10.3. The van der Waals surface area contributed by atoms with E-state index in [0.717, 1.165) is 11.3 Å². The molecule has 0 saturated heterocycles. The van der Waals surface area contributed by atoms with Crippen LogP contribution in [0.4, 0.5) is 4.79 Å². The second kappa shape index (κ2) is 6.80. The van der Waals surface area contributed by atoms with Gasteiger partial charge in [-0.15, -0.1) is 6.58 Å². The fourth-order valence-corrected chi connectivity index (χ4v) is 2.32. The van der Waals surface area contributed by atoms with E-state index in [-0.39, 0.29) is 6.03 Å². The van der Waals surface area contributed by atoms with Gasteiger partial charge in [0.2, 0.25) is 0 Å². The van der Waals surface area contributed by atoms with E-state index < -0.39 is 0 Å². The Morgan fingerprint density at radius 1 is 1.47 bits per heavy atom. The molecule has 0 aliphatic carbocycles. The number of thiophene rings is 1. The smallest absolute Gasteiger partial charge is 0.318 e. The van der Waals surface area contributed by atoms with Crippen molar-refractivity contribution in [2.75, 3.05) is 6.54 Å². The molecule has 0 radical (unpaired) electrons. The van der Waals surface area contributed by atoms with Gasteiger partial charge in [0.25, 0.3) is 0 Å². The third-order valence-corrected chi connectivity index (χ3v) is 3.30. The van der Waals surface area contributed by atoms with Crippen LogP contribution < -0.4 is 5.32 Å². The Balaban J connectivity index is 2.03. The van der Waals surface area contributed by atoms with Gasteiger partial charge in [-0.25, -0.2) is 4.79 Å². The maximum Gasteiger partial charge on any atom is 0.318 e. The molecule has 19 heavy (non-hydrogen) atoms. The van der Waals surface area contributed by atoms with Crippen molar-refractivity contribution in [1.29, 1.82) is 0 Å². The maximum absolute atomic E-state index is 12.1. The molecule has 5 heteroatoms. The highest BCUT2D eigenvalue weighted by Gasteiger charge is 2.15. The van der Waals surface area contributed by atoms with Crippen LogP contribution in [0.2, 0.25) is 0 Å². The van der Waals surface area contributed by atoms with Crippen molar-refractivity contribution < 1.29 is 9.21 Å². The molecule has 0 aliphatic rings. The van der Waals surface area contributed by atoms with Gasteiger partial charge in [-0.05, 0) is 34.5 Å². The summed E-state index contributed by atoms with van der Waals surface area (Å²) in [6.07, 6.45) is 3.27. The normalized spacial score (nSPS) is 10.1. The quantitative estimate of drug-likeness (QED) is 0.823. The molecule has 1 N–H and O–H groups in total. The first-order valence-electron chi connectivity index (χ1n) is 5.96. The molecule has 2 rings (SSSR count). The summed E-state index contributed by atoms with van der Waals surface area (Å²) < 4.78 is 5.30. The molecule has 4 nitrogen and oxygen atoms in total. The monoisotopic (exact) mass is 276 g/mol. The number of hydrogen-bond acceptors (Lipinski definition) is 3. The first-order valence-corrected chi connectivity index (χ1v) is 6.91. The topological polar surface area (TPSA) is 45.5 Å². The van der Waals surface area contributed by atoms with Crippen LogP contribution in [0.15, 0.2) is 52.3 Å². The molecule has 0 aliphatic heterocycles. The molecule has 0 atom stereocenters. The minimum absolute atomic E-state index is 0.123. The Morgan fingerprint density at radius 3 is 3.00 bits per heavy atom. The lowest BCUT2D eigenvalue weighted by Crippen LogP contribution is -2.39. The summed E-state index contributed by atoms with van der Waals surface area (Å²) in [4.78, 5) is 13.8. The standard InChI is InChI=1S/C14H16N2O2S/c1-2-6-15-14(17)16(9-12-5-8-19-11-12)10-13-4-3-7-18-13/h2-5,7-8,11H,1,6,9-10H2,(H,15,17). The number of urea groups is 1. The van der Waals surface area contributed by atoms with Gasteiger partial charge < -0.3 is 14.6 Å². The largest absolute Gasteiger partial charge is 0.467 e. The predicted octanol–water partition coefficient (Wildman–Crippen LogP) is 3.24. The first kappa shape index (κ1) is 13.4. The van der Waals surface area contributed by atoms with Crippen molar-refractivity contribution in [2.24, 2.45) is 0 Å². The van der Waals surface area contributed by atoms with Crippen LogP contribution in [0.5, 0.6) is 0 Å². The van der Waals surface area contributed by atoms with Crippen LogP contribution >= 0.6 is 11.3 Å².